The molecule has 0 saturated carbocycles. The normalized spacial score (nSPS) is 16.8. The van der Waals surface area contributed by atoms with Crippen molar-refractivity contribution >= 4 is 50.0 Å². The number of hydrazone groups is 1. The molecule has 0 aliphatic carbocycles. The summed E-state index contributed by atoms with van der Waals surface area (Å²) in [7, 11) is -3.37. The Morgan fingerprint density at radius 1 is 1.14 bits per heavy atom. The molecule has 0 saturated heterocycles. The Balaban J connectivity index is 1.69. The first-order valence-electron chi connectivity index (χ1n) is 8.47. The molecule has 3 heterocycles. The summed E-state index contributed by atoms with van der Waals surface area (Å²) in [5.41, 5.74) is 2.01. The number of amides is 1. The number of anilines is 1. The summed E-state index contributed by atoms with van der Waals surface area (Å²) in [6, 6.07) is 14.5. The van der Waals surface area contributed by atoms with Crippen molar-refractivity contribution < 1.29 is 13.2 Å². The van der Waals surface area contributed by atoms with Gasteiger partial charge in [0.1, 0.15) is 0 Å². The fourth-order valence-corrected chi connectivity index (χ4v) is 5.09. The molecule has 0 fully saturated rings. The number of nitrogens with zero attached hydrogens (tertiary/aromatic N) is 2. The molecule has 3 aromatic rings. The number of hydrogen-bond donors (Lipinski definition) is 1. The molecule has 9 heteroatoms. The summed E-state index contributed by atoms with van der Waals surface area (Å²) in [6.45, 7) is 0. The van der Waals surface area contributed by atoms with Crippen molar-refractivity contribution in [3.8, 4) is 0 Å². The second kappa shape index (κ2) is 7.50. The van der Waals surface area contributed by atoms with E-state index in [9.17, 15) is 13.2 Å². The lowest BCUT2D eigenvalue weighted by atomic mass is 10.0. The van der Waals surface area contributed by atoms with Crippen molar-refractivity contribution in [3.05, 3.63) is 74.6 Å². The molecule has 1 aliphatic heterocycles. The number of benzene rings is 1. The quantitative estimate of drug-likeness (QED) is 0.658. The van der Waals surface area contributed by atoms with Crippen molar-refractivity contribution in [1.29, 1.82) is 0 Å². The fourth-order valence-electron chi connectivity index (χ4n) is 3.06. The molecule has 0 bridgehead atoms. The SMILES string of the molecule is CS(=O)(=O)Nc1cccc(C2=NN(C(=O)c3cccs3)[C@@H](c3cccs3)C2)c1. The van der Waals surface area contributed by atoms with E-state index in [1.54, 1.807) is 40.6 Å². The van der Waals surface area contributed by atoms with Gasteiger partial charge in [0, 0.05) is 17.0 Å². The van der Waals surface area contributed by atoms with Gasteiger partial charge in [-0.2, -0.15) is 5.10 Å². The first-order valence-corrected chi connectivity index (χ1v) is 12.1. The molecular formula is C19H17N3O3S3. The van der Waals surface area contributed by atoms with Gasteiger partial charge in [-0.25, -0.2) is 13.4 Å². The summed E-state index contributed by atoms with van der Waals surface area (Å²) in [4.78, 5) is 14.7. The molecule has 28 heavy (non-hydrogen) atoms. The Hall–Kier alpha value is -2.49. The molecule has 0 unspecified atom stereocenters. The van der Waals surface area contributed by atoms with Gasteiger partial charge in [-0.05, 0) is 40.6 Å². The minimum atomic E-state index is -3.37. The topological polar surface area (TPSA) is 78.8 Å². The molecule has 1 amide bonds. The van der Waals surface area contributed by atoms with E-state index >= 15 is 0 Å². The first-order chi connectivity index (χ1) is 13.4. The lowest BCUT2D eigenvalue weighted by Crippen LogP contribution is -2.25. The van der Waals surface area contributed by atoms with Gasteiger partial charge < -0.3 is 0 Å². The van der Waals surface area contributed by atoms with Gasteiger partial charge >= 0.3 is 0 Å². The van der Waals surface area contributed by atoms with Gasteiger partial charge in [-0.1, -0.05) is 24.3 Å². The third-order valence-corrected chi connectivity index (χ3v) is 6.66. The van der Waals surface area contributed by atoms with E-state index in [1.165, 1.54) is 11.3 Å². The van der Waals surface area contributed by atoms with Crippen LogP contribution < -0.4 is 4.72 Å². The van der Waals surface area contributed by atoms with Crippen molar-refractivity contribution in [2.45, 2.75) is 12.5 Å². The second-order valence-corrected chi connectivity index (χ2v) is 10.0. The Labute approximate surface area is 171 Å². The van der Waals surface area contributed by atoms with Crippen LogP contribution >= 0.6 is 22.7 Å². The van der Waals surface area contributed by atoms with E-state index < -0.39 is 10.0 Å². The number of carbonyl (C=O) groups is 1. The molecule has 1 N–H and O–H groups in total. The summed E-state index contributed by atoms with van der Waals surface area (Å²) in [6.07, 6.45) is 1.68. The van der Waals surface area contributed by atoms with Gasteiger partial charge in [-0.3, -0.25) is 9.52 Å². The van der Waals surface area contributed by atoms with Crippen molar-refractivity contribution in [2.24, 2.45) is 5.10 Å². The highest BCUT2D eigenvalue weighted by molar-refractivity contribution is 7.92. The zero-order valence-electron chi connectivity index (χ0n) is 14.9. The number of carbonyl (C=O) groups excluding carboxylic acids is 1. The van der Waals surface area contributed by atoms with Crippen molar-refractivity contribution in [2.75, 3.05) is 11.0 Å². The molecule has 6 nitrogen and oxygen atoms in total. The number of hydrogen-bond acceptors (Lipinski definition) is 6. The monoisotopic (exact) mass is 431 g/mol. The van der Waals surface area contributed by atoms with E-state index in [2.05, 4.69) is 9.82 Å². The van der Waals surface area contributed by atoms with Crippen LogP contribution in [0.15, 0.2) is 64.4 Å². The van der Waals surface area contributed by atoms with Crippen LogP contribution in [0.2, 0.25) is 0 Å². The molecule has 4 rings (SSSR count). The molecular weight excluding hydrogens is 414 g/mol. The third kappa shape index (κ3) is 4.01. The van der Waals surface area contributed by atoms with Crippen LogP contribution in [0.4, 0.5) is 5.69 Å². The van der Waals surface area contributed by atoms with E-state index in [0.717, 1.165) is 22.4 Å². The maximum absolute atomic E-state index is 13.0. The largest absolute Gasteiger partial charge is 0.284 e. The maximum Gasteiger partial charge on any atom is 0.284 e. The lowest BCUT2D eigenvalue weighted by Gasteiger charge is -2.19. The molecule has 0 spiro atoms. The Morgan fingerprint density at radius 2 is 1.93 bits per heavy atom. The van der Waals surface area contributed by atoms with E-state index in [1.807, 2.05) is 35.0 Å². The highest BCUT2D eigenvalue weighted by Gasteiger charge is 2.34. The average molecular weight is 432 g/mol. The van der Waals surface area contributed by atoms with Gasteiger partial charge in [0.05, 0.1) is 22.9 Å². The molecule has 144 valence electrons. The fraction of sp³-hybridized carbons (Fsp3) is 0.158. The molecule has 1 aliphatic rings. The average Bonchev–Trinajstić information content (AvgIpc) is 3.40. The van der Waals surface area contributed by atoms with E-state index in [4.69, 9.17) is 0 Å². The minimum Gasteiger partial charge on any atom is -0.284 e. The summed E-state index contributed by atoms with van der Waals surface area (Å²) < 4.78 is 25.5. The highest BCUT2D eigenvalue weighted by atomic mass is 32.2. The van der Waals surface area contributed by atoms with Crippen molar-refractivity contribution in [3.63, 3.8) is 0 Å². The number of rotatable bonds is 5. The number of nitrogens with one attached hydrogen (secondary N) is 1. The van der Waals surface area contributed by atoms with Crippen LogP contribution in [-0.2, 0) is 10.0 Å². The van der Waals surface area contributed by atoms with Gasteiger partial charge in [0.15, 0.2) is 0 Å². The van der Waals surface area contributed by atoms with Crippen LogP contribution in [0, 0.1) is 0 Å². The summed E-state index contributed by atoms with van der Waals surface area (Å²) in [5, 5.41) is 10.0. The molecule has 1 aromatic carbocycles. The summed E-state index contributed by atoms with van der Waals surface area (Å²) >= 11 is 2.98. The third-order valence-electron chi connectivity index (χ3n) is 4.22. The lowest BCUT2D eigenvalue weighted by molar-refractivity contribution is 0.0719. The Morgan fingerprint density at radius 3 is 2.61 bits per heavy atom. The maximum atomic E-state index is 13.0. The standard InChI is InChI=1S/C19H17N3O3S3/c1-28(24,25)21-14-6-2-5-13(11-14)15-12-16(17-7-3-9-26-17)22(20-15)19(23)18-8-4-10-27-18/h2-11,16,21H,12H2,1H3/t16-/m1/s1. The van der Waals surface area contributed by atoms with Gasteiger partial charge in [-0.15, -0.1) is 22.7 Å². The van der Waals surface area contributed by atoms with E-state index in [-0.39, 0.29) is 11.9 Å². The highest BCUT2D eigenvalue weighted by Crippen LogP contribution is 2.36. The van der Waals surface area contributed by atoms with E-state index in [0.29, 0.717) is 17.0 Å². The zero-order chi connectivity index (χ0) is 19.7. The summed E-state index contributed by atoms with van der Waals surface area (Å²) in [5.74, 6) is -0.131. The second-order valence-electron chi connectivity index (χ2n) is 6.36. The molecule has 2 aromatic heterocycles. The molecule has 0 radical (unpaired) electrons. The predicted octanol–water partition coefficient (Wildman–Crippen LogP) is 4.17. The molecule has 1 atom stereocenters. The van der Waals surface area contributed by atoms with Crippen LogP contribution in [0.1, 0.15) is 32.6 Å². The predicted molar refractivity (Wildman–Crippen MR) is 114 cm³/mol. The van der Waals surface area contributed by atoms with Crippen LogP contribution in [-0.4, -0.2) is 31.3 Å². The van der Waals surface area contributed by atoms with Crippen LogP contribution in [0.25, 0.3) is 0 Å². The van der Waals surface area contributed by atoms with Gasteiger partial charge in [0.25, 0.3) is 5.91 Å². The number of sulfonamides is 1. The van der Waals surface area contributed by atoms with Crippen molar-refractivity contribution in [1.82, 2.24) is 5.01 Å². The Bertz CT molecular complexity index is 1120. The first kappa shape index (κ1) is 18.9. The minimum absolute atomic E-state index is 0.131. The smallest absolute Gasteiger partial charge is 0.284 e. The van der Waals surface area contributed by atoms with Crippen LogP contribution in [0.3, 0.4) is 0 Å². The number of thiophene rings is 2. The zero-order valence-corrected chi connectivity index (χ0v) is 17.4. The van der Waals surface area contributed by atoms with Crippen LogP contribution in [0.5, 0.6) is 0 Å². The Kier molecular flexibility index (Phi) is 5.05. The van der Waals surface area contributed by atoms with Gasteiger partial charge in [0.2, 0.25) is 10.0 Å².